The summed E-state index contributed by atoms with van der Waals surface area (Å²) < 4.78 is 9.11. The van der Waals surface area contributed by atoms with Gasteiger partial charge in [-0.05, 0) is 109 Å². The molecule has 0 aliphatic carbocycles. The maximum Gasteiger partial charge on any atom is 0.136 e. The van der Waals surface area contributed by atoms with E-state index in [2.05, 4.69) is 253 Å². The Morgan fingerprint density at radius 1 is 0.348 bits per heavy atom. The van der Waals surface area contributed by atoms with Gasteiger partial charge in [-0.2, -0.15) is 0 Å². The second-order valence-electron chi connectivity index (χ2n) is 20.5. The molecule has 0 radical (unpaired) electrons. The third kappa shape index (κ3) is 7.41. The average molecular weight is 908 g/mol. The smallest absolute Gasteiger partial charge is 0.136 e. The van der Waals surface area contributed by atoms with E-state index in [0.717, 1.165) is 61.3 Å². The van der Waals surface area contributed by atoms with Crippen LogP contribution >= 0.6 is 11.3 Å². The molecule has 2 heterocycles. The fraction of sp³-hybridized carbons (Fsp3) is 0.121. The number of thiophene rings is 1. The molecule has 3 heteroatoms. The van der Waals surface area contributed by atoms with Gasteiger partial charge in [-0.25, -0.2) is 0 Å². The Morgan fingerprint density at radius 2 is 0.841 bits per heavy atom. The maximum absolute atomic E-state index is 6.53. The second kappa shape index (κ2) is 16.5. The Hall–Kier alpha value is -7.72. The van der Waals surface area contributed by atoms with Crippen LogP contribution in [0, 0.1) is 0 Å². The molecular formula is C66H53NOS. The van der Waals surface area contributed by atoms with Crippen LogP contribution in [-0.4, -0.2) is 0 Å². The summed E-state index contributed by atoms with van der Waals surface area (Å²) in [6, 6.07) is 78.4. The molecule has 0 atom stereocenters. The number of para-hydroxylation sites is 4. The standard InChI is InChI=1S/C66H53NOS/c1-65(2,3)45-38-44(39-46(41-45)66(4,5)6)48-27-17-20-42-21-18-28-53(63(42)48)49-23-8-13-31-57(49)67(56-30-12-7-22-47(56)43-36-37-52-51-25-10-15-33-59(51)68-60(52)40-43)58-32-14-9-24-50(58)54-29-19-35-62-64(54)55-26-11-16-34-61(55)69-62/h7-41H,1-6H3. The molecule has 0 aliphatic heterocycles. The number of hydrogen-bond donors (Lipinski definition) is 0. The van der Waals surface area contributed by atoms with Crippen molar-refractivity contribution in [3.8, 4) is 44.5 Å². The fourth-order valence-electron chi connectivity index (χ4n) is 10.4. The van der Waals surface area contributed by atoms with E-state index >= 15 is 0 Å². The predicted octanol–water partition coefficient (Wildman–Crippen LogP) is 19.8. The highest BCUT2D eigenvalue weighted by molar-refractivity contribution is 7.25. The summed E-state index contributed by atoms with van der Waals surface area (Å²) in [6.45, 7) is 13.9. The molecule has 0 aliphatic rings. The average Bonchev–Trinajstić information content (AvgIpc) is 3.94. The Kier molecular flexibility index (Phi) is 10.2. The van der Waals surface area contributed by atoms with Crippen LogP contribution in [0.3, 0.4) is 0 Å². The first-order valence-electron chi connectivity index (χ1n) is 24.1. The Balaban J connectivity index is 1.14. The van der Waals surface area contributed by atoms with Crippen LogP contribution in [0.15, 0.2) is 217 Å². The second-order valence-corrected chi connectivity index (χ2v) is 21.6. The van der Waals surface area contributed by atoms with Crippen LogP contribution in [0.1, 0.15) is 52.7 Å². The van der Waals surface area contributed by atoms with Crippen molar-refractivity contribution < 1.29 is 4.42 Å². The maximum atomic E-state index is 6.53. The molecule has 69 heavy (non-hydrogen) atoms. The molecule has 2 nitrogen and oxygen atoms in total. The van der Waals surface area contributed by atoms with Gasteiger partial charge in [-0.3, -0.25) is 0 Å². The number of rotatable bonds is 7. The minimum Gasteiger partial charge on any atom is -0.456 e. The zero-order valence-electron chi connectivity index (χ0n) is 40.0. The first-order valence-corrected chi connectivity index (χ1v) is 24.9. The predicted molar refractivity (Wildman–Crippen MR) is 298 cm³/mol. The molecular weight excluding hydrogens is 855 g/mol. The lowest BCUT2D eigenvalue weighted by atomic mass is 9.78. The monoisotopic (exact) mass is 907 g/mol. The number of nitrogens with zero attached hydrogens (tertiary/aromatic N) is 1. The van der Waals surface area contributed by atoms with Gasteiger partial charge in [0.1, 0.15) is 11.2 Å². The van der Waals surface area contributed by atoms with E-state index in [1.165, 1.54) is 64.3 Å². The summed E-state index contributed by atoms with van der Waals surface area (Å²) in [4.78, 5) is 2.52. The minimum atomic E-state index is -0.0219. The lowest BCUT2D eigenvalue weighted by Crippen LogP contribution is -2.16. The summed E-state index contributed by atoms with van der Waals surface area (Å²) in [6.07, 6.45) is 0. The lowest BCUT2D eigenvalue weighted by Gasteiger charge is -2.32. The Morgan fingerprint density at radius 3 is 1.51 bits per heavy atom. The zero-order chi connectivity index (χ0) is 47.0. The van der Waals surface area contributed by atoms with Crippen molar-refractivity contribution >= 4 is 81.3 Å². The first kappa shape index (κ1) is 42.6. The largest absolute Gasteiger partial charge is 0.456 e. The van der Waals surface area contributed by atoms with Gasteiger partial charge in [0.25, 0.3) is 0 Å². The van der Waals surface area contributed by atoms with E-state index in [0.29, 0.717) is 0 Å². The highest BCUT2D eigenvalue weighted by Gasteiger charge is 2.27. The van der Waals surface area contributed by atoms with Crippen LogP contribution in [0.2, 0.25) is 0 Å². The summed E-state index contributed by atoms with van der Waals surface area (Å²) in [5.41, 5.74) is 17.0. The van der Waals surface area contributed by atoms with Gasteiger partial charge in [0, 0.05) is 47.6 Å². The highest BCUT2D eigenvalue weighted by Crippen LogP contribution is 2.51. The molecule has 0 amide bonds. The van der Waals surface area contributed by atoms with Gasteiger partial charge >= 0.3 is 0 Å². The van der Waals surface area contributed by atoms with Crippen molar-refractivity contribution in [2.75, 3.05) is 4.90 Å². The van der Waals surface area contributed by atoms with E-state index in [1.807, 2.05) is 17.4 Å². The highest BCUT2D eigenvalue weighted by atomic mass is 32.1. The molecule has 0 bridgehead atoms. The molecule has 0 saturated heterocycles. The number of hydrogen-bond acceptors (Lipinski definition) is 3. The fourth-order valence-corrected chi connectivity index (χ4v) is 11.6. The molecule has 334 valence electrons. The van der Waals surface area contributed by atoms with Crippen molar-refractivity contribution in [1.82, 2.24) is 0 Å². The number of furan rings is 1. The molecule has 0 spiro atoms. The van der Waals surface area contributed by atoms with Crippen LogP contribution in [0.25, 0.3) is 97.4 Å². The van der Waals surface area contributed by atoms with E-state index in [4.69, 9.17) is 4.42 Å². The van der Waals surface area contributed by atoms with Gasteiger partial charge in [-0.1, -0.05) is 205 Å². The Labute approximate surface area is 408 Å². The van der Waals surface area contributed by atoms with Gasteiger partial charge in [0.2, 0.25) is 0 Å². The van der Waals surface area contributed by atoms with Crippen molar-refractivity contribution in [1.29, 1.82) is 0 Å². The van der Waals surface area contributed by atoms with Crippen molar-refractivity contribution in [2.24, 2.45) is 0 Å². The molecule has 0 unspecified atom stereocenters. The van der Waals surface area contributed by atoms with E-state index < -0.39 is 0 Å². The van der Waals surface area contributed by atoms with Crippen molar-refractivity contribution in [3.05, 3.63) is 223 Å². The van der Waals surface area contributed by atoms with E-state index in [-0.39, 0.29) is 10.8 Å². The number of fused-ring (bicyclic) bond motifs is 7. The van der Waals surface area contributed by atoms with Crippen LogP contribution < -0.4 is 4.90 Å². The lowest BCUT2D eigenvalue weighted by molar-refractivity contribution is 0.569. The third-order valence-electron chi connectivity index (χ3n) is 14.0. The van der Waals surface area contributed by atoms with Crippen LogP contribution in [0.4, 0.5) is 17.1 Å². The molecule has 10 aromatic carbocycles. The van der Waals surface area contributed by atoms with Gasteiger partial charge < -0.3 is 9.32 Å². The van der Waals surface area contributed by atoms with Crippen LogP contribution in [-0.2, 0) is 10.8 Å². The SMILES string of the molecule is CC(C)(C)c1cc(-c2cccc3cccc(-c4ccccc4N(c4ccccc4-c4ccc5c(c4)oc4ccccc45)c4ccccc4-c4cccc5sc6ccccc6c45)c23)cc(C(C)(C)C)c1. The normalized spacial score (nSPS) is 12.2. The van der Waals surface area contributed by atoms with Crippen molar-refractivity contribution in [3.63, 3.8) is 0 Å². The van der Waals surface area contributed by atoms with E-state index in [9.17, 15) is 0 Å². The summed E-state index contributed by atoms with van der Waals surface area (Å²) in [5, 5.41) is 7.26. The zero-order valence-corrected chi connectivity index (χ0v) is 40.8. The number of benzene rings is 10. The summed E-state index contributed by atoms with van der Waals surface area (Å²) in [7, 11) is 0. The quantitative estimate of drug-likeness (QED) is 0.158. The number of anilines is 3. The van der Waals surface area contributed by atoms with Crippen LogP contribution in [0.5, 0.6) is 0 Å². The molecule has 0 saturated carbocycles. The van der Waals surface area contributed by atoms with Gasteiger partial charge in [0.05, 0.1) is 17.1 Å². The van der Waals surface area contributed by atoms with Gasteiger partial charge in [-0.15, -0.1) is 11.3 Å². The molecule has 2 aromatic heterocycles. The Bertz CT molecular complexity index is 3910. The molecule has 12 aromatic rings. The topological polar surface area (TPSA) is 16.4 Å². The summed E-state index contributed by atoms with van der Waals surface area (Å²) in [5.74, 6) is 0. The minimum absolute atomic E-state index is 0.0219. The summed E-state index contributed by atoms with van der Waals surface area (Å²) >= 11 is 1.86. The molecule has 0 N–H and O–H groups in total. The van der Waals surface area contributed by atoms with E-state index in [1.54, 1.807) is 0 Å². The molecule has 0 fully saturated rings. The first-order chi connectivity index (χ1) is 33.5. The van der Waals surface area contributed by atoms with Gasteiger partial charge in [0.15, 0.2) is 0 Å². The van der Waals surface area contributed by atoms with Crippen molar-refractivity contribution in [2.45, 2.75) is 52.4 Å². The molecule has 12 rings (SSSR count). The third-order valence-corrected chi connectivity index (χ3v) is 15.1.